The molecule has 238 valence electrons. The topological polar surface area (TPSA) is 86.8 Å². The van der Waals surface area contributed by atoms with Gasteiger partial charge in [0.2, 0.25) is 11.8 Å². The predicted molar refractivity (Wildman–Crippen MR) is 167 cm³/mol. The van der Waals surface area contributed by atoms with E-state index >= 15 is 0 Å². The molecule has 0 aliphatic carbocycles. The number of nitrogens with zero attached hydrogens (tertiary/aromatic N) is 2. The molecule has 7 nitrogen and oxygen atoms in total. The molecule has 0 saturated heterocycles. The van der Waals surface area contributed by atoms with Crippen LogP contribution in [0.15, 0.2) is 65.6 Å². The van der Waals surface area contributed by atoms with Crippen LogP contribution in [0, 0.1) is 6.92 Å². The molecule has 0 radical (unpaired) electrons. The molecule has 44 heavy (non-hydrogen) atoms. The van der Waals surface area contributed by atoms with E-state index in [1.54, 1.807) is 33.8 Å². The highest BCUT2D eigenvalue weighted by atomic mass is 35.5. The van der Waals surface area contributed by atoms with Crippen LogP contribution in [0.4, 0.5) is 18.9 Å². The fraction of sp³-hybridized carbons (Fsp3) is 0.333. The highest BCUT2D eigenvalue weighted by Crippen LogP contribution is 2.38. The summed E-state index contributed by atoms with van der Waals surface area (Å²) in [6.07, 6.45) is -4.91. The van der Waals surface area contributed by atoms with Gasteiger partial charge < -0.3 is 10.2 Å². The van der Waals surface area contributed by atoms with Crippen LogP contribution >= 0.6 is 34.8 Å². The molecule has 0 fully saturated rings. The predicted octanol–water partition coefficient (Wildman–Crippen LogP) is 7.50. The Kier molecular flexibility index (Phi) is 10.9. The molecule has 2 amide bonds. The molecule has 0 aliphatic heterocycles. The smallest absolute Gasteiger partial charge is 0.350 e. The van der Waals surface area contributed by atoms with Crippen LogP contribution in [0.1, 0.15) is 44.4 Å². The number of hydrogen-bond donors (Lipinski definition) is 1. The fourth-order valence-electron chi connectivity index (χ4n) is 4.14. The second-order valence-corrected chi connectivity index (χ2v) is 14.3. The van der Waals surface area contributed by atoms with E-state index in [-0.39, 0.29) is 16.5 Å². The number of rotatable bonds is 9. The number of nitrogens with one attached hydrogen (secondary N) is 1. The summed E-state index contributed by atoms with van der Waals surface area (Å²) in [5.41, 5.74) is -1.26. The summed E-state index contributed by atoms with van der Waals surface area (Å²) in [4.78, 5) is 28.1. The lowest BCUT2D eigenvalue weighted by molar-refractivity contribution is -0.140. The third-order valence-electron chi connectivity index (χ3n) is 6.45. The van der Waals surface area contributed by atoms with Gasteiger partial charge in [0, 0.05) is 22.1 Å². The van der Waals surface area contributed by atoms with Gasteiger partial charge in [-0.15, -0.1) is 0 Å². The lowest BCUT2D eigenvalue weighted by Gasteiger charge is -2.33. The van der Waals surface area contributed by atoms with Gasteiger partial charge in [-0.1, -0.05) is 58.6 Å². The van der Waals surface area contributed by atoms with Crippen molar-refractivity contribution in [3.8, 4) is 0 Å². The van der Waals surface area contributed by atoms with Crippen LogP contribution in [0.2, 0.25) is 15.1 Å². The van der Waals surface area contributed by atoms with Crippen LogP contribution in [-0.2, 0) is 32.3 Å². The minimum absolute atomic E-state index is 0.190. The Morgan fingerprint density at radius 3 is 2.07 bits per heavy atom. The average molecular weight is 693 g/mol. The molecule has 14 heteroatoms. The maximum atomic E-state index is 14.0. The molecule has 1 N–H and O–H groups in total. The van der Waals surface area contributed by atoms with Crippen molar-refractivity contribution in [2.75, 3.05) is 10.8 Å². The molecule has 3 aromatic carbocycles. The van der Waals surface area contributed by atoms with Gasteiger partial charge in [-0.05, 0) is 82.6 Å². The first-order chi connectivity index (χ1) is 20.2. The van der Waals surface area contributed by atoms with Gasteiger partial charge in [0.25, 0.3) is 10.0 Å². The number of anilines is 1. The summed E-state index contributed by atoms with van der Waals surface area (Å²) in [6, 6.07) is 11.5. The molecule has 0 spiro atoms. The normalized spacial score (nSPS) is 12.9. The Hall–Kier alpha value is -2.99. The highest BCUT2D eigenvalue weighted by Gasteiger charge is 2.37. The average Bonchev–Trinajstić information content (AvgIpc) is 2.90. The fourth-order valence-corrected chi connectivity index (χ4v) is 6.24. The molecule has 1 unspecified atom stereocenters. The van der Waals surface area contributed by atoms with Gasteiger partial charge >= 0.3 is 6.18 Å². The first-order valence-electron chi connectivity index (χ1n) is 13.2. The number of benzene rings is 3. The first kappa shape index (κ1) is 35.5. The lowest BCUT2D eigenvalue weighted by Crippen LogP contribution is -2.54. The van der Waals surface area contributed by atoms with Crippen molar-refractivity contribution in [2.24, 2.45) is 0 Å². The maximum Gasteiger partial charge on any atom is 0.417 e. The van der Waals surface area contributed by atoms with E-state index in [4.69, 9.17) is 34.8 Å². The van der Waals surface area contributed by atoms with Crippen LogP contribution in [0.3, 0.4) is 0 Å². The van der Waals surface area contributed by atoms with Gasteiger partial charge in [0.1, 0.15) is 12.6 Å². The number of carbonyl (C=O) groups excluding carboxylic acids is 2. The molecule has 0 saturated carbocycles. The van der Waals surface area contributed by atoms with Crippen molar-refractivity contribution in [2.45, 2.75) is 63.8 Å². The third kappa shape index (κ3) is 8.80. The zero-order chi connectivity index (χ0) is 33.2. The van der Waals surface area contributed by atoms with Crippen molar-refractivity contribution < 1.29 is 31.2 Å². The van der Waals surface area contributed by atoms with E-state index in [0.29, 0.717) is 21.0 Å². The second-order valence-electron chi connectivity index (χ2n) is 11.2. The largest absolute Gasteiger partial charge is 0.417 e. The molecule has 0 aromatic heterocycles. The van der Waals surface area contributed by atoms with E-state index in [1.807, 2.05) is 0 Å². The summed E-state index contributed by atoms with van der Waals surface area (Å²) in [7, 11) is -4.60. The molecular formula is C30H31Cl3F3N3O4S. The number of carbonyl (C=O) groups is 2. The van der Waals surface area contributed by atoms with Gasteiger partial charge in [-0.25, -0.2) is 8.42 Å². The van der Waals surface area contributed by atoms with Crippen molar-refractivity contribution >= 4 is 62.3 Å². The Balaban J connectivity index is 2.15. The zero-order valence-corrected chi connectivity index (χ0v) is 27.6. The molecule has 3 aromatic rings. The summed E-state index contributed by atoms with van der Waals surface area (Å²) < 4.78 is 69.8. The Morgan fingerprint density at radius 1 is 0.909 bits per heavy atom. The first-order valence-corrected chi connectivity index (χ1v) is 15.8. The van der Waals surface area contributed by atoms with E-state index < -0.39 is 62.4 Å². The molecule has 1 atom stereocenters. The number of alkyl halides is 3. The van der Waals surface area contributed by atoms with Crippen LogP contribution in [-0.4, -0.2) is 43.3 Å². The van der Waals surface area contributed by atoms with E-state index in [0.717, 1.165) is 22.6 Å². The molecule has 0 heterocycles. The van der Waals surface area contributed by atoms with Gasteiger partial charge in [-0.2, -0.15) is 13.2 Å². The summed E-state index contributed by atoms with van der Waals surface area (Å²) >= 11 is 18.2. The maximum absolute atomic E-state index is 14.0. The monoisotopic (exact) mass is 691 g/mol. The number of halogens is 6. The standard InChI is InChI=1S/C30H31Cl3F3N3O4S/c1-18-6-11-23(12-7-18)44(42,43)39(22-10-13-25(32)24(15-22)30(34,35)36)17-27(40)38(19(2)28(41)37-29(3,4)5)16-20-8-9-21(31)14-26(20)33/h6-15,19H,16-17H2,1-5H3,(H,37,41). The van der Waals surface area contributed by atoms with Gasteiger partial charge in [0.15, 0.2) is 0 Å². The van der Waals surface area contributed by atoms with Crippen molar-refractivity contribution in [3.63, 3.8) is 0 Å². The van der Waals surface area contributed by atoms with E-state index in [9.17, 15) is 31.2 Å². The van der Waals surface area contributed by atoms with E-state index in [1.165, 1.54) is 43.3 Å². The minimum atomic E-state index is -4.91. The van der Waals surface area contributed by atoms with Crippen molar-refractivity contribution in [1.29, 1.82) is 0 Å². The second kappa shape index (κ2) is 13.6. The number of hydrogen-bond acceptors (Lipinski definition) is 4. The number of aryl methyl sites for hydroxylation is 1. The Bertz CT molecular complexity index is 1640. The van der Waals surface area contributed by atoms with Gasteiger partial charge in [0.05, 0.1) is 21.2 Å². The zero-order valence-electron chi connectivity index (χ0n) is 24.5. The van der Waals surface area contributed by atoms with Crippen molar-refractivity contribution in [1.82, 2.24) is 10.2 Å². The molecular weight excluding hydrogens is 662 g/mol. The summed E-state index contributed by atoms with van der Waals surface area (Å²) in [5.74, 6) is -1.43. The number of amides is 2. The molecule has 0 bridgehead atoms. The Labute approximate surface area is 269 Å². The van der Waals surface area contributed by atoms with Crippen LogP contribution in [0.25, 0.3) is 0 Å². The van der Waals surface area contributed by atoms with Gasteiger partial charge in [-0.3, -0.25) is 13.9 Å². The molecule has 3 rings (SSSR count). The quantitative estimate of drug-likeness (QED) is 0.252. The minimum Gasteiger partial charge on any atom is -0.350 e. The summed E-state index contributed by atoms with van der Waals surface area (Å²) in [6.45, 7) is 7.23. The summed E-state index contributed by atoms with van der Waals surface area (Å²) in [5, 5.41) is 2.65. The van der Waals surface area contributed by atoms with Crippen LogP contribution in [0.5, 0.6) is 0 Å². The van der Waals surface area contributed by atoms with Crippen molar-refractivity contribution in [3.05, 3.63) is 92.4 Å². The number of sulfonamides is 1. The van der Waals surface area contributed by atoms with E-state index in [2.05, 4.69) is 5.32 Å². The van der Waals surface area contributed by atoms with Crippen LogP contribution < -0.4 is 9.62 Å². The lowest BCUT2D eigenvalue weighted by atomic mass is 10.1. The molecule has 0 aliphatic rings. The highest BCUT2D eigenvalue weighted by molar-refractivity contribution is 7.92. The SMILES string of the molecule is Cc1ccc(S(=O)(=O)N(CC(=O)N(Cc2ccc(Cl)cc2Cl)C(C)C(=O)NC(C)(C)C)c2ccc(Cl)c(C(F)(F)F)c2)cc1. The third-order valence-corrected chi connectivity index (χ3v) is 9.16. The Morgan fingerprint density at radius 2 is 1.52 bits per heavy atom.